The van der Waals surface area contributed by atoms with Gasteiger partial charge in [0.1, 0.15) is 18.4 Å². The van der Waals surface area contributed by atoms with Gasteiger partial charge in [0.2, 0.25) is 5.91 Å². The fourth-order valence-corrected chi connectivity index (χ4v) is 5.04. The van der Waals surface area contributed by atoms with E-state index in [4.69, 9.17) is 9.84 Å². The zero-order valence-electron chi connectivity index (χ0n) is 28.7. The van der Waals surface area contributed by atoms with Crippen molar-refractivity contribution in [2.75, 3.05) is 13.2 Å². The number of hydrogen-bond acceptors (Lipinski definition) is 6. The highest BCUT2D eigenvalue weighted by Crippen LogP contribution is 2.24. The van der Waals surface area contributed by atoms with Gasteiger partial charge in [0.05, 0.1) is 6.42 Å². The van der Waals surface area contributed by atoms with Crippen LogP contribution in [-0.4, -0.2) is 52.1 Å². The highest BCUT2D eigenvalue weighted by atomic mass is 16.5. The highest BCUT2D eigenvalue weighted by Gasteiger charge is 2.23. The average molecular weight is 663 g/mol. The van der Waals surface area contributed by atoms with Gasteiger partial charge in [0, 0.05) is 42.0 Å². The normalized spacial score (nSPS) is 12.0. The SMILES string of the molecule is CCCC/C=C/COc1ccc(-c2cnc(-c3ccc(C[C@H](NC(=O)c4ccc(C(C)(C)C)cc4)C(=O)NCCC(=O)O)cc3)nc2)cc1. The zero-order chi connectivity index (χ0) is 35.2. The van der Waals surface area contributed by atoms with Crippen LogP contribution in [0.1, 0.15) is 74.9 Å². The molecule has 0 aliphatic carbocycles. The van der Waals surface area contributed by atoms with Crippen molar-refractivity contribution in [3.05, 3.63) is 114 Å². The summed E-state index contributed by atoms with van der Waals surface area (Å²) in [6.45, 7) is 8.97. The van der Waals surface area contributed by atoms with Crippen molar-refractivity contribution >= 4 is 17.8 Å². The molecule has 1 aromatic heterocycles. The Labute approximate surface area is 288 Å². The first-order chi connectivity index (χ1) is 23.5. The number of hydrogen-bond donors (Lipinski definition) is 3. The van der Waals surface area contributed by atoms with E-state index >= 15 is 0 Å². The van der Waals surface area contributed by atoms with Gasteiger partial charge in [-0.1, -0.05) is 101 Å². The number of carbonyl (C=O) groups excluding carboxylic acids is 2. The molecule has 0 aliphatic heterocycles. The first-order valence-corrected chi connectivity index (χ1v) is 16.7. The van der Waals surface area contributed by atoms with E-state index in [1.165, 1.54) is 12.8 Å². The van der Waals surface area contributed by atoms with Crippen LogP contribution in [-0.2, 0) is 21.4 Å². The van der Waals surface area contributed by atoms with Gasteiger partial charge in [0.25, 0.3) is 5.91 Å². The smallest absolute Gasteiger partial charge is 0.305 e. The number of benzene rings is 3. The van der Waals surface area contributed by atoms with Gasteiger partial charge in [0.15, 0.2) is 5.82 Å². The number of ether oxygens (including phenoxy) is 1. The quantitative estimate of drug-likeness (QED) is 0.0857. The minimum absolute atomic E-state index is 0.0399. The van der Waals surface area contributed by atoms with Crippen molar-refractivity contribution in [3.63, 3.8) is 0 Å². The number of carboxylic acids is 1. The molecule has 0 unspecified atom stereocenters. The van der Waals surface area contributed by atoms with Gasteiger partial charge in [-0.3, -0.25) is 14.4 Å². The Bertz CT molecular complexity index is 1690. The van der Waals surface area contributed by atoms with Gasteiger partial charge in [-0.25, -0.2) is 9.97 Å². The molecule has 3 aromatic carbocycles. The minimum atomic E-state index is -1.02. The van der Waals surface area contributed by atoms with Crippen LogP contribution in [0.25, 0.3) is 22.5 Å². The lowest BCUT2D eigenvalue weighted by Gasteiger charge is -2.20. The van der Waals surface area contributed by atoms with E-state index in [1.807, 2.05) is 60.7 Å². The van der Waals surface area contributed by atoms with Crippen LogP contribution in [0.5, 0.6) is 5.75 Å². The highest BCUT2D eigenvalue weighted by molar-refractivity contribution is 5.97. The molecule has 4 aromatic rings. The monoisotopic (exact) mass is 662 g/mol. The number of unbranched alkanes of at least 4 members (excludes halogenated alkanes) is 2. The number of nitrogens with zero attached hydrogens (tertiary/aromatic N) is 2. The Hall–Kier alpha value is -5.31. The molecule has 3 N–H and O–H groups in total. The Balaban J connectivity index is 1.39. The van der Waals surface area contributed by atoms with Crippen LogP contribution in [0.15, 0.2) is 97.3 Å². The van der Waals surface area contributed by atoms with Crippen molar-refractivity contribution < 1.29 is 24.2 Å². The Kier molecular flexibility index (Phi) is 13.2. The predicted octanol–water partition coefficient (Wildman–Crippen LogP) is 7.17. The fourth-order valence-electron chi connectivity index (χ4n) is 5.04. The Morgan fingerprint density at radius 3 is 2.12 bits per heavy atom. The summed E-state index contributed by atoms with van der Waals surface area (Å²) >= 11 is 0. The lowest BCUT2D eigenvalue weighted by molar-refractivity contribution is -0.137. The first-order valence-electron chi connectivity index (χ1n) is 16.7. The number of carbonyl (C=O) groups is 3. The largest absolute Gasteiger partial charge is 0.490 e. The molecule has 0 bridgehead atoms. The van der Waals surface area contributed by atoms with E-state index in [9.17, 15) is 14.4 Å². The summed E-state index contributed by atoms with van der Waals surface area (Å²) < 4.78 is 5.80. The molecular formula is C40H46N4O5. The molecule has 0 radical (unpaired) electrons. The van der Waals surface area contributed by atoms with Crippen LogP contribution in [0.2, 0.25) is 0 Å². The second-order valence-corrected chi connectivity index (χ2v) is 12.9. The Morgan fingerprint density at radius 2 is 1.51 bits per heavy atom. The molecule has 0 aliphatic rings. The zero-order valence-corrected chi connectivity index (χ0v) is 28.7. The standard InChI is InChI=1S/C40H46N4O5/c1-5-6-7-8-9-24-49-34-20-16-29(17-21-34)32-26-42-37(43-27-32)30-12-10-28(11-13-30)25-35(39(48)41-23-22-36(45)46)44-38(47)31-14-18-33(19-15-31)40(2,3)4/h8-21,26-27,35H,5-7,22-25H2,1-4H3,(H,41,48)(H,44,47)(H,45,46)/b9-8+/t35-/m0/s1. The fraction of sp³-hybridized carbons (Fsp3) is 0.325. The topological polar surface area (TPSA) is 131 Å². The molecule has 0 saturated heterocycles. The number of rotatable bonds is 16. The molecule has 1 heterocycles. The number of aliphatic carboxylic acids is 1. The first kappa shape index (κ1) is 36.5. The second-order valence-electron chi connectivity index (χ2n) is 12.9. The number of aromatic nitrogens is 2. The van der Waals surface area contributed by atoms with Gasteiger partial charge >= 0.3 is 5.97 Å². The molecule has 4 rings (SSSR count). The second kappa shape index (κ2) is 17.7. The summed E-state index contributed by atoms with van der Waals surface area (Å²) in [7, 11) is 0. The summed E-state index contributed by atoms with van der Waals surface area (Å²) in [4.78, 5) is 46.4. The summed E-state index contributed by atoms with van der Waals surface area (Å²) in [5.41, 5.74) is 4.93. The number of allylic oxidation sites excluding steroid dienone is 1. The van der Waals surface area contributed by atoms with Crippen molar-refractivity contribution in [2.24, 2.45) is 0 Å². The predicted molar refractivity (Wildman–Crippen MR) is 192 cm³/mol. The number of nitrogens with one attached hydrogen (secondary N) is 2. The van der Waals surface area contributed by atoms with Crippen LogP contribution < -0.4 is 15.4 Å². The van der Waals surface area contributed by atoms with Crippen molar-refractivity contribution in [2.45, 2.75) is 71.3 Å². The summed E-state index contributed by atoms with van der Waals surface area (Å²) in [5, 5.41) is 14.5. The molecule has 9 heteroatoms. The molecule has 2 amide bonds. The van der Waals surface area contributed by atoms with E-state index in [2.05, 4.69) is 60.4 Å². The van der Waals surface area contributed by atoms with Crippen molar-refractivity contribution in [1.29, 1.82) is 0 Å². The van der Waals surface area contributed by atoms with Crippen molar-refractivity contribution in [3.8, 4) is 28.3 Å². The minimum Gasteiger partial charge on any atom is -0.490 e. The maximum atomic E-state index is 13.2. The van der Waals surface area contributed by atoms with Crippen LogP contribution in [0, 0.1) is 0 Å². The van der Waals surface area contributed by atoms with Gasteiger partial charge in [-0.15, -0.1) is 0 Å². The van der Waals surface area contributed by atoms with E-state index in [0.717, 1.165) is 40.0 Å². The summed E-state index contributed by atoms with van der Waals surface area (Å²) in [6, 6.07) is 21.7. The third-order valence-corrected chi connectivity index (χ3v) is 8.00. The van der Waals surface area contributed by atoms with Crippen LogP contribution in [0.4, 0.5) is 0 Å². The maximum Gasteiger partial charge on any atom is 0.305 e. The molecule has 0 fully saturated rings. The molecule has 0 saturated carbocycles. The van der Waals surface area contributed by atoms with E-state index in [-0.39, 0.29) is 30.7 Å². The lowest BCUT2D eigenvalue weighted by atomic mass is 9.86. The van der Waals surface area contributed by atoms with Gasteiger partial charge in [-0.05, 0) is 52.8 Å². The summed E-state index contributed by atoms with van der Waals surface area (Å²) in [6.07, 6.45) is 11.2. The number of amides is 2. The van der Waals surface area contributed by atoms with Gasteiger partial charge < -0.3 is 20.5 Å². The average Bonchev–Trinajstić information content (AvgIpc) is 3.09. The summed E-state index contributed by atoms with van der Waals surface area (Å²) in [5.74, 6) is -0.505. The third kappa shape index (κ3) is 11.4. The number of carboxylic acid groups (broad SMARTS) is 1. The molecule has 0 spiro atoms. The molecular weight excluding hydrogens is 616 g/mol. The molecule has 1 atom stereocenters. The Morgan fingerprint density at radius 1 is 0.857 bits per heavy atom. The maximum absolute atomic E-state index is 13.2. The third-order valence-electron chi connectivity index (χ3n) is 8.00. The lowest BCUT2D eigenvalue weighted by Crippen LogP contribution is -2.48. The molecule has 49 heavy (non-hydrogen) atoms. The van der Waals surface area contributed by atoms with Crippen molar-refractivity contribution in [1.82, 2.24) is 20.6 Å². The molecule has 9 nitrogen and oxygen atoms in total. The van der Waals surface area contributed by atoms with Crippen LogP contribution >= 0.6 is 0 Å². The van der Waals surface area contributed by atoms with E-state index in [0.29, 0.717) is 18.0 Å². The van der Waals surface area contributed by atoms with E-state index in [1.54, 1.807) is 24.5 Å². The van der Waals surface area contributed by atoms with E-state index < -0.39 is 17.9 Å². The van der Waals surface area contributed by atoms with Gasteiger partial charge in [-0.2, -0.15) is 0 Å². The molecule has 256 valence electrons. The van der Waals surface area contributed by atoms with Crippen LogP contribution in [0.3, 0.4) is 0 Å².